The number of halogens is 2. The lowest BCUT2D eigenvalue weighted by Gasteiger charge is -2.17. The molecular formula is C15H13Cl2NO2. The zero-order valence-corrected chi connectivity index (χ0v) is 12.3. The van der Waals surface area contributed by atoms with Crippen LogP contribution in [0.2, 0.25) is 10.0 Å². The number of anilines is 1. The maximum absolute atomic E-state index is 12.2. The number of likely N-dealkylation sites (N-methyl/N-ethyl adjacent to an activating group) is 1. The molecule has 20 heavy (non-hydrogen) atoms. The van der Waals surface area contributed by atoms with Crippen molar-refractivity contribution in [2.24, 2.45) is 0 Å². The van der Waals surface area contributed by atoms with Gasteiger partial charge in [-0.05, 0) is 29.8 Å². The topological polar surface area (TPSA) is 40.5 Å². The fourth-order valence-corrected chi connectivity index (χ4v) is 2.11. The predicted octanol–water partition coefficient (Wildman–Crippen LogP) is 3.90. The number of amides is 1. The second-order valence-electron chi connectivity index (χ2n) is 4.40. The third-order valence-electron chi connectivity index (χ3n) is 2.93. The number of hydrogen-bond donors (Lipinski definition) is 1. The van der Waals surface area contributed by atoms with Gasteiger partial charge in [-0.2, -0.15) is 0 Å². The Balaban J connectivity index is 2.13. The molecule has 0 heterocycles. The number of hydrogen-bond acceptors (Lipinski definition) is 2. The Labute approximate surface area is 127 Å². The van der Waals surface area contributed by atoms with Crippen molar-refractivity contribution in [3.05, 3.63) is 58.1 Å². The lowest BCUT2D eigenvalue weighted by molar-refractivity contribution is -0.117. The number of phenols is 1. The number of carbonyl (C=O) groups excluding carboxylic acids is 1. The molecule has 0 bridgehead atoms. The summed E-state index contributed by atoms with van der Waals surface area (Å²) >= 11 is 11.8. The summed E-state index contributed by atoms with van der Waals surface area (Å²) in [6.45, 7) is 0. The van der Waals surface area contributed by atoms with Gasteiger partial charge in [-0.15, -0.1) is 0 Å². The van der Waals surface area contributed by atoms with E-state index < -0.39 is 0 Å². The summed E-state index contributed by atoms with van der Waals surface area (Å²) in [5.41, 5.74) is 1.42. The van der Waals surface area contributed by atoms with E-state index in [0.717, 1.165) is 5.56 Å². The first-order valence-corrected chi connectivity index (χ1v) is 6.72. The fraction of sp³-hybridized carbons (Fsp3) is 0.133. The molecule has 0 radical (unpaired) electrons. The largest absolute Gasteiger partial charge is 0.508 e. The van der Waals surface area contributed by atoms with E-state index in [-0.39, 0.29) is 18.1 Å². The summed E-state index contributed by atoms with van der Waals surface area (Å²) in [7, 11) is 1.66. The molecule has 0 unspecified atom stereocenters. The molecule has 1 amide bonds. The van der Waals surface area contributed by atoms with Crippen molar-refractivity contribution in [3.63, 3.8) is 0 Å². The van der Waals surface area contributed by atoms with Gasteiger partial charge in [-0.1, -0.05) is 35.3 Å². The van der Waals surface area contributed by atoms with Crippen molar-refractivity contribution < 1.29 is 9.90 Å². The van der Waals surface area contributed by atoms with Crippen LogP contribution in [0.25, 0.3) is 0 Å². The van der Waals surface area contributed by atoms with Gasteiger partial charge >= 0.3 is 0 Å². The Kier molecular flexibility index (Phi) is 4.53. The van der Waals surface area contributed by atoms with Crippen LogP contribution in [-0.2, 0) is 11.2 Å². The van der Waals surface area contributed by atoms with Crippen molar-refractivity contribution in [3.8, 4) is 5.75 Å². The number of aromatic hydroxyl groups is 1. The summed E-state index contributed by atoms with van der Waals surface area (Å²) in [4.78, 5) is 13.7. The summed E-state index contributed by atoms with van der Waals surface area (Å²) < 4.78 is 0. The van der Waals surface area contributed by atoms with Crippen LogP contribution in [0.3, 0.4) is 0 Å². The molecule has 0 aromatic heterocycles. The summed E-state index contributed by atoms with van der Waals surface area (Å²) in [6, 6.07) is 11.6. The zero-order valence-electron chi connectivity index (χ0n) is 10.8. The third kappa shape index (κ3) is 3.44. The van der Waals surface area contributed by atoms with Crippen molar-refractivity contribution >= 4 is 34.8 Å². The lowest BCUT2D eigenvalue weighted by atomic mass is 10.1. The maximum atomic E-state index is 12.2. The average Bonchev–Trinajstić information content (AvgIpc) is 2.42. The van der Waals surface area contributed by atoms with E-state index in [0.29, 0.717) is 15.7 Å². The number of benzene rings is 2. The Morgan fingerprint density at radius 2 is 1.90 bits per heavy atom. The molecule has 0 saturated carbocycles. The van der Waals surface area contributed by atoms with Gasteiger partial charge in [-0.3, -0.25) is 4.79 Å². The van der Waals surface area contributed by atoms with Gasteiger partial charge < -0.3 is 10.0 Å². The minimum atomic E-state index is -0.103. The molecule has 0 aliphatic rings. The highest BCUT2D eigenvalue weighted by Gasteiger charge is 2.12. The SMILES string of the molecule is CN(C(=O)Cc1ccc(Cl)c(Cl)c1)c1cccc(O)c1. The molecule has 2 aromatic carbocycles. The number of nitrogens with zero attached hydrogens (tertiary/aromatic N) is 1. The Bertz CT molecular complexity index is 644. The molecule has 0 spiro atoms. The molecule has 1 N–H and O–H groups in total. The van der Waals surface area contributed by atoms with Crippen LogP contribution in [0.4, 0.5) is 5.69 Å². The van der Waals surface area contributed by atoms with E-state index in [1.165, 1.54) is 11.0 Å². The molecular weight excluding hydrogens is 297 g/mol. The summed E-state index contributed by atoms with van der Waals surface area (Å²) in [6.07, 6.45) is 0.211. The lowest BCUT2D eigenvalue weighted by Crippen LogP contribution is -2.27. The zero-order chi connectivity index (χ0) is 14.7. The van der Waals surface area contributed by atoms with Crippen molar-refractivity contribution in [1.82, 2.24) is 0 Å². The smallest absolute Gasteiger partial charge is 0.231 e. The van der Waals surface area contributed by atoms with Gasteiger partial charge in [0.25, 0.3) is 0 Å². The minimum absolute atomic E-state index is 0.103. The number of phenolic OH excluding ortho intramolecular Hbond substituents is 1. The maximum Gasteiger partial charge on any atom is 0.231 e. The molecule has 5 heteroatoms. The molecule has 0 aliphatic heterocycles. The normalized spacial score (nSPS) is 10.3. The van der Waals surface area contributed by atoms with Crippen LogP contribution in [0.1, 0.15) is 5.56 Å². The van der Waals surface area contributed by atoms with Crippen LogP contribution in [0, 0.1) is 0 Å². The summed E-state index contributed by atoms with van der Waals surface area (Å²) in [5.74, 6) is 0.0191. The van der Waals surface area contributed by atoms with E-state index in [9.17, 15) is 9.90 Å². The van der Waals surface area contributed by atoms with E-state index in [4.69, 9.17) is 23.2 Å². The predicted molar refractivity (Wildman–Crippen MR) is 81.7 cm³/mol. The van der Waals surface area contributed by atoms with Gasteiger partial charge in [0.15, 0.2) is 0 Å². The molecule has 0 aliphatic carbocycles. The Morgan fingerprint density at radius 3 is 2.55 bits per heavy atom. The highest BCUT2D eigenvalue weighted by atomic mass is 35.5. The second-order valence-corrected chi connectivity index (χ2v) is 5.21. The van der Waals surface area contributed by atoms with E-state index in [1.54, 1.807) is 43.4 Å². The van der Waals surface area contributed by atoms with Crippen LogP contribution < -0.4 is 4.90 Å². The van der Waals surface area contributed by atoms with Crippen LogP contribution in [-0.4, -0.2) is 18.1 Å². The minimum Gasteiger partial charge on any atom is -0.508 e. The van der Waals surface area contributed by atoms with Gasteiger partial charge in [0.2, 0.25) is 5.91 Å². The fourth-order valence-electron chi connectivity index (χ4n) is 1.79. The summed E-state index contributed by atoms with van der Waals surface area (Å²) in [5, 5.41) is 10.3. The van der Waals surface area contributed by atoms with Gasteiger partial charge in [-0.25, -0.2) is 0 Å². The van der Waals surface area contributed by atoms with Crippen molar-refractivity contribution in [2.45, 2.75) is 6.42 Å². The van der Waals surface area contributed by atoms with Crippen LogP contribution >= 0.6 is 23.2 Å². The average molecular weight is 310 g/mol. The first-order chi connectivity index (χ1) is 9.47. The number of rotatable bonds is 3. The Hall–Kier alpha value is -1.71. The van der Waals surface area contributed by atoms with Crippen molar-refractivity contribution in [1.29, 1.82) is 0 Å². The molecule has 0 fully saturated rings. The first kappa shape index (κ1) is 14.7. The highest BCUT2D eigenvalue weighted by Crippen LogP contribution is 2.24. The van der Waals surface area contributed by atoms with Crippen LogP contribution in [0.5, 0.6) is 5.75 Å². The molecule has 0 saturated heterocycles. The van der Waals surface area contributed by atoms with Crippen LogP contribution in [0.15, 0.2) is 42.5 Å². The van der Waals surface area contributed by atoms with Gasteiger partial charge in [0.05, 0.1) is 16.5 Å². The van der Waals surface area contributed by atoms with Gasteiger partial charge in [0.1, 0.15) is 5.75 Å². The molecule has 0 atom stereocenters. The van der Waals surface area contributed by atoms with E-state index in [1.807, 2.05) is 0 Å². The molecule has 2 rings (SSSR count). The van der Waals surface area contributed by atoms with Crippen molar-refractivity contribution in [2.75, 3.05) is 11.9 Å². The quantitative estimate of drug-likeness (QED) is 0.934. The van der Waals surface area contributed by atoms with Gasteiger partial charge in [0, 0.05) is 18.8 Å². The molecule has 104 valence electrons. The van der Waals surface area contributed by atoms with E-state index >= 15 is 0 Å². The highest BCUT2D eigenvalue weighted by molar-refractivity contribution is 6.42. The Morgan fingerprint density at radius 1 is 1.15 bits per heavy atom. The monoisotopic (exact) mass is 309 g/mol. The third-order valence-corrected chi connectivity index (χ3v) is 3.67. The molecule has 3 nitrogen and oxygen atoms in total. The first-order valence-electron chi connectivity index (χ1n) is 5.97. The second kappa shape index (κ2) is 6.16. The van der Waals surface area contributed by atoms with E-state index in [2.05, 4.69) is 0 Å². The standard InChI is InChI=1S/C15H13Cl2NO2/c1-18(11-3-2-4-12(19)9-11)15(20)8-10-5-6-13(16)14(17)7-10/h2-7,9,19H,8H2,1H3. The number of carbonyl (C=O) groups is 1. The molecule has 2 aromatic rings.